The van der Waals surface area contributed by atoms with Crippen molar-refractivity contribution < 1.29 is 5.11 Å². The van der Waals surface area contributed by atoms with Crippen molar-refractivity contribution >= 4 is 32.8 Å². The van der Waals surface area contributed by atoms with Crippen LogP contribution >= 0.6 is 0 Å². The van der Waals surface area contributed by atoms with E-state index in [-0.39, 0.29) is 32.8 Å². The van der Waals surface area contributed by atoms with E-state index >= 15 is 0 Å². The number of benzene rings is 7. The van der Waals surface area contributed by atoms with Gasteiger partial charge in [-0.3, -0.25) is 4.57 Å². The van der Waals surface area contributed by atoms with Crippen LogP contribution in [0.3, 0.4) is 0 Å². The summed E-state index contributed by atoms with van der Waals surface area (Å²) >= 11 is 0. The third kappa shape index (κ3) is 9.13. The highest BCUT2D eigenvalue weighted by molar-refractivity contribution is 6.13. The third-order valence-corrected chi connectivity index (χ3v) is 14.5. The number of hydrogen-bond acceptors (Lipinski definition) is 5. The molecule has 10 aromatic rings. The molecule has 1 N–H and O–H groups in total. The molecule has 0 bridgehead atoms. The average molecular weight is 963 g/mol. The molecule has 73 heavy (non-hydrogen) atoms. The summed E-state index contributed by atoms with van der Waals surface area (Å²) in [5, 5.41) is 13.8. The molecule has 7 nitrogen and oxygen atoms in total. The highest BCUT2D eigenvalue weighted by atomic mass is 16.3. The maximum Gasteiger partial charge on any atom is 0.165 e. The van der Waals surface area contributed by atoms with Gasteiger partial charge in [0.2, 0.25) is 0 Å². The number of nitrogens with zero attached hydrogens (tertiary/aromatic N) is 6. The highest BCUT2D eigenvalue weighted by Gasteiger charge is 2.28. The summed E-state index contributed by atoms with van der Waals surface area (Å²) in [4.78, 5) is 20.8. The molecule has 0 aliphatic rings. The minimum Gasteiger partial charge on any atom is -0.507 e. The number of rotatable bonds is 6. The van der Waals surface area contributed by atoms with Crippen LogP contribution in [0.5, 0.6) is 5.75 Å². The Morgan fingerprint density at radius 2 is 0.849 bits per heavy atom. The predicted octanol–water partition coefficient (Wildman–Crippen LogP) is 17.2. The lowest BCUT2D eigenvalue weighted by Crippen LogP contribution is -2.17. The van der Waals surface area contributed by atoms with E-state index in [1.807, 2.05) is 18.2 Å². The molecule has 0 unspecified atom stereocenters. The van der Waals surface area contributed by atoms with Crippen LogP contribution < -0.4 is 0 Å². The number of fused-ring (bicyclic) bond motifs is 4. The van der Waals surface area contributed by atoms with Gasteiger partial charge in [-0.05, 0) is 127 Å². The number of para-hydroxylation sites is 4. The third-order valence-electron chi connectivity index (χ3n) is 14.5. The van der Waals surface area contributed by atoms with E-state index in [1.54, 1.807) is 12.4 Å². The molecule has 3 aromatic heterocycles. The molecule has 0 aliphatic heterocycles. The average Bonchev–Trinajstić information content (AvgIpc) is 3.89. The van der Waals surface area contributed by atoms with Gasteiger partial charge in [-0.15, -0.1) is 0 Å². The maximum absolute atomic E-state index is 11.5. The van der Waals surface area contributed by atoms with Crippen LogP contribution in [0.2, 0.25) is 0 Å². The maximum atomic E-state index is 11.5. The van der Waals surface area contributed by atoms with Gasteiger partial charge in [-0.2, -0.15) is 0 Å². The Labute approximate surface area is 432 Å². The summed E-state index contributed by atoms with van der Waals surface area (Å²) in [6.07, 6.45) is 1.66. The number of phenolic OH excluding ortho intramolecular Hbond substituents is 1. The van der Waals surface area contributed by atoms with Crippen LogP contribution in [0.15, 0.2) is 146 Å². The lowest BCUT2D eigenvalue weighted by molar-refractivity contribution is 0.477. The van der Waals surface area contributed by atoms with Crippen molar-refractivity contribution in [3.63, 3.8) is 0 Å². The molecular weight excluding hydrogens is 893 g/mol. The Balaban J connectivity index is 1.19. The fourth-order valence-corrected chi connectivity index (χ4v) is 10.0. The summed E-state index contributed by atoms with van der Waals surface area (Å²) in [5.74, 6) is 2.04. The van der Waals surface area contributed by atoms with Gasteiger partial charge in [0.1, 0.15) is 17.9 Å². The highest BCUT2D eigenvalue weighted by Crippen LogP contribution is 2.43. The Morgan fingerprint density at radius 3 is 1.45 bits per heavy atom. The largest absolute Gasteiger partial charge is 0.507 e. The first-order chi connectivity index (χ1) is 34.3. The van der Waals surface area contributed by atoms with Crippen LogP contribution in [0.25, 0.3) is 89.5 Å². The Bertz CT molecular complexity index is 3710. The summed E-state index contributed by atoms with van der Waals surface area (Å²) < 4.78 is 4.65. The molecule has 7 aromatic carbocycles. The first kappa shape index (κ1) is 49.2. The van der Waals surface area contributed by atoms with Gasteiger partial charge in [0.15, 0.2) is 11.6 Å². The zero-order chi connectivity index (χ0) is 52.2. The Morgan fingerprint density at radius 1 is 0.384 bits per heavy atom. The van der Waals surface area contributed by atoms with E-state index in [2.05, 4.69) is 228 Å². The summed E-state index contributed by atoms with van der Waals surface area (Å²) in [5.41, 5.74) is 16.2. The van der Waals surface area contributed by atoms with Crippen LogP contribution in [0.1, 0.15) is 132 Å². The zero-order valence-corrected chi connectivity index (χ0v) is 45.5. The van der Waals surface area contributed by atoms with Crippen molar-refractivity contribution in [2.45, 2.75) is 131 Å². The molecule has 3 heterocycles. The fraction of sp³-hybridized carbons (Fsp3) is 0.303. The Hall–Kier alpha value is -7.38. The van der Waals surface area contributed by atoms with E-state index < -0.39 is 0 Å². The normalized spacial score (nSPS) is 12.9. The van der Waals surface area contributed by atoms with E-state index in [4.69, 9.17) is 19.9 Å². The van der Waals surface area contributed by atoms with Crippen molar-refractivity contribution in [3.8, 4) is 62.4 Å². The quantitative estimate of drug-likeness (QED) is 0.180. The molecule has 10 rings (SSSR count). The monoisotopic (exact) mass is 963 g/mol. The smallest absolute Gasteiger partial charge is 0.165 e. The second kappa shape index (κ2) is 17.4. The SMILES string of the molecule is CC(C)(C)c1cc(-c2ncnc(-c3cccc4c5ccccc5n(-c5cc(C(C)(C)C)cc(C(C)(C)C)c5)c34)n2)cc(-c2cccc3c2nc(-c2ccccc2O)n3-c2cc(C(C)(C)C)cc(C(C)(C)C)c2)c1. The molecule has 0 radical (unpaired) electrons. The minimum absolute atomic E-state index is 0.0614. The molecular formula is C66H70N6O. The predicted molar refractivity (Wildman–Crippen MR) is 306 cm³/mol. The van der Waals surface area contributed by atoms with Crippen molar-refractivity contribution in [2.75, 3.05) is 0 Å². The molecule has 0 fully saturated rings. The van der Waals surface area contributed by atoms with Crippen LogP contribution in [0, 0.1) is 0 Å². The topological polar surface area (TPSA) is 81.7 Å². The molecule has 0 saturated carbocycles. The van der Waals surface area contributed by atoms with Gasteiger partial charge in [-0.25, -0.2) is 19.9 Å². The summed E-state index contributed by atoms with van der Waals surface area (Å²) in [7, 11) is 0. The molecule has 0 atom stereocenters. The molecule has 370 valence electrons. The molecule has 0 spiro atoms. The lowest BCUT2D eigenvalue weighted by atomic mass is 9.80. The van der Waals surface area contributed by atoms with Gasteiger partial charge < -0.3 is 9.67 Å². The second-order valence-corrected chi connectivity index (χ2v) is 25.2. The van der Waals surface area contributed by atoms with Gasteiger partial charge >= 0.3 is 0 Å². The van der Waals surface area contributed by atoms with Crippen LogP contribution in [0.4, 0.5) is 0 Å². The number of imidazole rings is 1. The van der Waals surface area contributed by atoms with E-state index in [0.717, 1.165) is 66.6 Å². The number of phenols is 1. The summed E-state index contributed by atoms with van der Waals surface area (Å²) in [6.45, 7) is 34.0. The van der Waals surface area contributed by atoms with Crippen LogP contribution in [-0.4, -0.2) is 34.2 Å². The number of aromatic nitrogens is 6. The van der Waals surface area contributed by atoms with E-state index in [0.29, 0.717) is 23.0 Å². The van der Waals surface area contributed by atoms with Gasteiger partial charge in [0, 0.05) is 38.8 Å². The van der Waals surface area contributed by atoms with Gasteiger partial charge in [-0.1, -0.05) is 177 Å². The second-order valence-electron chi connectivity index (χ2n) is 25.2. The van der Waals surface area contributed by atoms with Crippen molar-refractivity contribution in [3.05, 3.63) is 174 Å². The molecule has 0 saturated heterocycles. The number of aromatic hydroxyl groups is 1. The molecule has 0 amide bonds. The standard InChI is InChI=1S/C66H70N6O/c1-62(2,3)42-31-40(49-24-21-28-55-57(49)69-61(52-23-17-19-29-56(52)73)72(55)48-37-45(65(10,11)12)34-46(38-48)66(13,14)15)30-41(32-42)59-67-39-68-60(70-59)53-26-20-25-51-50-22-16-18-27-54(50)71(58(51)53)47-35-43(63(4,5)6)33-44(36-47)64(7,8)9/h16-39,73H,1-15H3. The minimum atomic E-state index is -0.217. The van der Waals surface area contributed by atoms with Gasteiger partial charge in [0.25, 0.3) is 0 Å². The molecule has 0 aliphatic carbocycles. The summed E-state index contributed by atoms with van der Waals surface area (Å²) in [6, 6.07) is 49.8. The van der Waals surface area contributed by atoms with Crippen molar-refractivity contribution in [2.24, 2.45) is 0 Å². The van der Waals surface area contributed by atoms with E-state index in [9.17, 15) is 5.11 Å². The van der Waals surface area contributed by atoms with Gasteiger partial charge in [0.05, 0.1) is 27.6 Å². The van der Waals surface area contributed by atoms with Crippen LogP contribution in [-0.2, 0) is 27.1 Å². The number of hydrogen-bond donors (Lipinski definition) is 1. The Kier molecular flexibility index (Phi) is 11.7. The lowest BCUT2D eigenvalue weighted by Gasteiger charge is -2.27. The van der Waals surface area contributed by atoms with Crippen molar-refractivity contribution in [1.82, 2.24) is 29.1 Å². The fourth-order valence-electron chi connectivity index (χ4n) is 10.0. The van der Waals surface area contributed by atoms with E-state index in [1.165, 1.54) is 27.6 Å². The first-order valence-electron chi connectivity index (χ1n) is 25.8. The zero-order valence-electron chi connectivity index (χ0n) is 45.5. The first-order valence-corrected chi connectivity index (χ1v) is 25.8. The van der Waals surface area contributed by atoms with Crippen molar-refractivity contribution in [1.29, 1.82) is 0 Å². The molecule has 7 heteroatoms.